The third kappa shape index (κ3) is 6.39. The van der Waals surface area contributed by atoms with Gasteiger partial charge in [0.05, 0.1) is 0 Å². The van der Waals surface area contributed by atoms with Crippen molar-refractivity contribution in [2.45, 2.75) is 38.9 Å². The van der Waals surface area contributed by atoms with Crippen LogP contribution >= 0.6 is 0 Å². The molecule has 1 atom stereocenters. The van der Waals surface area contributed by atoms with Gasteiger partial charge in [0, 0.05) is 12.6 Å². The fraction of sp³-hybridized carbons (Fsp3) is 0.600. The third-order valence-corrected chi connectivity index (χ3v) is 3.26. The molecular formula is C15H22F3NO. The molecule has 114 valence electrons. The number of benzene rings is 1. The molecule has 1 aromatic rings. The molecule has 1 N–H and O–H groups in total. The summed E-state index contributed by atoms with van der Waals surface area (Å²) < 4.78 is 40.6. The number of ether oxygens (including phenoxy) is 1. The highest BCUT2D eigenvalue weighted by Gasteiger charge is 2.27. The van der Waals surface area contributed by atoms with E-state index in [9.17, 15) is 13.2 Å². The van der Waals surface area contributed by atoms with E-state index in [4.69, 9.17) is 0 Å². The van der Waals surface area contributed by atoms with Crippen molar-refractivity contribution in [2.75, 3.05) is 20.3 Å². The van der Waals surface area contributed by atoms with E-state index in [-0.39, 0.29) is 12.6 Å². The molecular weight excluding hydrogens is 267 g/mol. The molecule has 0 aliphatic carbocycles. The highest BCUT2D eigenvalue weighted by Crippen LogP contribution is 2.16. The van der Waals surface area contributed by atoms with Crippen molar-refractivity contribution < 1.29 is 17.9 Å². The molecule has 0 saturated heterocycles. The van der Waals surface area contributed by atoms with Crippen LogP contribution in [0.15, 0.2) is 18.2 Å². The van der Waals surface area contributed by atoms with Crippen LogP contribution in [0.1, 0.15) is 23.1 Å². The van der Waals surface area contributed by atoms with Crippen molar-refractivity contribution in [2.24, 2.45) is 0 Å². The van der Waals surface area contributed by atoms with Gasteiger partial charge in [-0.3, -0.25) is 0 Å². The number of alkyl halides is 3. The Hall–Kier alpha value is -1.07. The van der Waals surface area contributed by atoms with Crippen LogP contribution in [0.4, 0.5) is 13.2 Å². The zero-order chi connectivity index (χ0) is 15.2. The summed E-state index contributed by atoms with van der Waals surface area (Å²) in [4.78, 5) is 0. The predicted molar refractivity (Wildman–Crippen MR) is 74.0 cm³/mol. The first kappa shape index (κ1) is 17.0. The van der Waals surface area contributed by atoms with E-state index in [1.54, 1.807) is 0 Å². The Bertz CT molecular complexity index is 418. The first-order chi connectivity index (χ1) is 9.31. The zero-order valence-corrected chi connectivity index (χ0v) is 12.2. The van der Waals surface area contributed by atoms with Crippen LogP contribution in [0, 0.1) is 13.8 Å². The smallest absolute Gasteiger partial charge is 0.372 e. The Balaban J connectivity index is 2.45. The molecule has 0 aromatic heterocycles. The van der Waals surface area contributed by atoms with Gasteiger partial charge < -0.3 is 10.1 Å². The maximum Gasteiger partial charge on any atom is 0.411 e. The fourth-order valence-electron chi connectivity index (χ4n) is 2.05. The second-order valence-electron chi connectivity index (χ2n) is 5.08. The molecule has 0 spiro atoms. The lowest BCUT2D eigenvalue weighted by atomic mass is 9.98. The minimum absolute atomic E-state index is 0.107. The van der Waals surface area contributed by atoms with Crippen molar-refractivity contribution in [3.8, 4) is 0 Å². The summed E-state index contributed by atoms with van der Waals surface area (Å²) in [5.74, 6) is 0. The number of likely N-dealkylation sites (N-methyl/N-ethyl adjacent to an activating group) is 1. The molecule has 2 nitrogen and oxygen atoms in total. The molecule has 0 heterocycles. The van der Waals surface area contributed by atoms with Gasteiger partial charge in [0.1, 0.15) is 6.61 Å². The molecule has 1 rings (SSSR count). The Morgan fingerprint density at radius 3 is 2.55 bits per heavy atom. The molecule has 0 radical (unpaired) electrons. The van der Waals surface area contributed by atoms with Gasteiger partial charge in [-0.2, -0.15) is 13.2 Å². The van der Waals surface area contributed by atoms with E-state index < -0.39 is 12.8 Å². The number of aryl methyl sites for hydroxylation is 2. The molecule has 5 heteroatoms. The van der Waals surface area contributed by atoms with Crippen molar-refractivity contribution in [1.82, 2.24) is 5.32 Å². The van der Waals surface area contributed by atoms with Crippen molar-refractivity contribution in [1.29, 1.82) is 0 Å². The first-order valence-electron chi connectivity index (χ1n) is 6.69. The van der Waals surface area contributed by atoms with Crippen LogP contribution < -0.4 is 5.32 Å². The molecule has 0 fully saturated rings. The third-order valence-electron chi connectivity index (χ3n) is 3.26. The SMILES string of the molecule is CNC(CCOCC(F)(F)F)Cc1cc(C)ccc1C. The average Bonchev–Trinajstić information content (AvgIpc) is 2.36. The minimum atomic E-state index is -4.25. The van der Waals surface area contributed by atoms with Gasteiger partial charge in [-0.1, -0.05) is 23.8 Å². The van der Waals surface area contributed by atoms with Gasteiger partial charge in [-0.05, 0) is 44.9 Å². The Labute approximate surface area is 118 Å². The topological polar surface area (TPSA) is 21.3 Å². The predicted octanol–water partition coefficient (Wildman–Crippen LogP) is 3.40. The zero-order valence-electron chi connectivity index (χ0n) is 12.2. The highest BCUT2D eigenvalue weighted by atomic mass is 19.4. The molecule has 0 saturated carbocycles. The first-order valence-corrected chi connectivity index (χ1v) is 6.69. The van der Waals surface area contributed by atoms with Crippen LogP contribution in [-0.4, -0.2) is 32.5 Å². The van der Waals surface area contributed by atoms with E-state index in [1.807, 2.05) is 20.9 Å². The summed E-state index contributed by atoms with van der Waals surface area (Å²) in [5, 5.41) is 3.13. The number of halogens is 3. The Morgan fingerprint density at radius 2 is 1.95 bits per heavy atom. The van der Waals surface area contributed by atoms with Crippen LogP contribution in [0.2, 0.25) is 0 Å². The largest absolute Gasteiger partial charge is 0.411 e. The summed E-state index contributed by atoms with van der Waals surface area (Å²) in [6.07, 6.45) is -2.90. The Morgan fingerprint density at radius 1 is 1.25 bits per heavy atom. The molecule has 0 amide bonds. The van der Waals surface area contributed by atoms with Gasteiger partial charge in [0.25, 0.3) is 0 Å². The average molecular weight is 289 g/mol. The summed E-state index contributed by atoms with van der Waals surface area (Å²) in [6.45, 7) is 3.01. The highest BCUT2D eigenvalue weighted by molar-refractivity contribution is 5.31. The summed E-state index contributed by atoms with van der Waals surface area (Å²) >= 11 is 0. The van der Waals surface area contributed by atoms with Gasteiger partial charge in [-0.25, -0.2) is 0 Å². The Kier molecular flexibility index (Phi) is 6.49. The van der Waals surface area contributed by atoms with E-state index in [0.717, 1.165) is 6.42 Å². The second-order valence-corrected chi connectivity index (χ2v) is 5.08. The lowest BCUT2D eigenvalue weighted by molar-refractivity contribution is -0.174. The van der Waals surface area contributed by atoms with E-state index in [0.29, 0.717) is 6.42 Å². The van der Waals surface area contributed by atoms with Crippen molar-refractivity contribution in [3.63, 3.8) is 0 Å². The maximum atomic E-state index is 12.0. The van der Waals surface area contributed by atoms with Crippen molar-refractivity contribution >= 4 is 0 Å². The normalized spacial score (nSPS) is 13.5. The number of nitrogens with one attached hydrogen (secondary N) is 1. The molecule has 0 aliphatic heterocycles. The van der Waals surface area contributed by atoms with E-state index in [1.165, 1.54) is 16.7 Å². The number of hydrogen-bond donors (Lipinski definition) is 1. The monoisotopic (exact) mass is 289 g/mol. The van der Waals surface area contributed by atoms with Gasteiger partial charge >= 0.3 is 6.18 Å². The molecule has 20 heavy (non-hydrogen) atoms. The lowest BCUT2D eigenvalue weighted by Crippen LogP contribution is -2.30. The summed E-state index contributed by atoms with van der Waals surface area (Å²) in [5.41, 5.74) is 3.61. The number of hydrogen-bond acceptors (Lipinski definition) is 2. The molecule has 1 aromatic carbocycles. The van der Waals surface area contributed by atoms with Crippen LogP contribution in [0.3, 0.4) is 0 Å². The van der Waals surface area contributed by atoms with E-state index in [2.05, 4.69) is 28.3 Å². The molecule has 0 aliphatic rings. The fourth-order valence-corrected chi connectivity index (χ4v) is 2.05. The summed E-state index contributed by atoms with van der Waals surface area (Å²) in [6, 6.07) is 6.36. The second kappa shape index (κ2) is 7.64. The standard InChI is InChI=1S/C15H22F3NO/c1-11-4-5-12(2)13(8-11)9-14(19-3)6-7-20-10-15(16,17)18/h4-5,8,14,19H,6-7,9-10H2,1-3H3. The lowest BCUT2D eigenvalue weighted by Gasteiger charge is -2.18. The van der Waals surface area contributed by atoms with Crippen molar-refractivity contribution in [3.05, 3.63) is 34.9 Å². The van der Waals surface area contributed by atoms with Crippen LogP contribution in [-0.2, 0) is 11.2 Å². The van der Waals surface area contributed by atoms with E-state index >= 15 is 0 Å². The van der Waals surface area contributed by atoms with Crippen LogP contribution in [0.5, 0.6) is 0 Å². The molecule has 0 bridgehead atoms. The minimum Gasteiger partial charge on any atom is -0.372 e. The maximum absolute atomic E-state index is 12.0. The summed E-state index contributed by atoms with van der Waals surface area (Å²) in [7, 11) is 1.82. The van der Waals surface area contributed by atoms with Gasteiger partial charge in [-0.15, -0.1) is 0 Å². The van der Waals surface area contributed by atoms with Gasteiger partial charge in [0.2, 0.25) is 0 Å². The molecule has 1 unspecified atom stereocenters. The van der Waals surface area contributed by atoms with Gasteiger partial charge in [0.15, 0.2) is 0 Å². The quantitative estimate of drug-likeness (QED) is 0.777. The van der Waals surface area contributed by atoms with Crippen LogP contribution in [0.25, 0.3) is 0 Å². The number of rotatable bonds is 7.